The molecule has 124 valence electrons. The van der Waals surface area contributed by atoms with Gasteiger partial charge in [0.1, 0.15) is 17.2 Å². The van der Waals surface area contributed by atoms with Crippen LogP contribution in [0.1, 0.15) is 46.5 Å². The predicted molar refractivity (Wildman–Crippen MR) is 76.0 cm³/mol. The van der Waals surface area contributed by atoms with Gasteiger partial charge in [-0.05, 0) is 40.0 Å². The molecule has 2 atom stereocenters. The van der Waals surface area contributed by atoms with Crippen LogP contribution in [-0.2, 0) is 23.8 Å². The van der Waals surface area contributed by atoms with Crippen LogP contribution in [0.4, 0.5) is 4.79 Å². The molecule has 1 saturated carbocycles. The Balaban J connectivity index is 2.14. The fraction of sp³-hybridized carbons (Fsp3) is 0.800. The van der Waals surface area contributed by atoms with Gasteiger partial charge in [-0.2, -0.15) is 0 Å². The van der Waals surface area contributed by atoms with Crippen molar-refractivity contribution < 1.29 is 28.6 Å². The van der Waals surface area contributed by atoms with E-state index in [-0.39, 0.29) is 18.3 Å². The van der Waals surface area contributed by atoms with Crippen LogP contribution < -0.4 is 5.32 Å². The first kappa shape index (κ1) is 16.6. The number of carbonyl (C=O) groups excluding carboxylic acids is 3. The Morgan fingerprint density at radius 3 is 2.50 bits per heavy atom. The number of nitrogens with one attached hydrogen (secondary N) is 1. The number of rotatable bonds is 3. The third kappa shape index (κ3) is 4.11. The molecule has 1 N–H and O–H groups in total. The summed E-state index contributed by atoms with van der Waals surface area (Å²) in [6, 6.07) is -0.919. The summed E-state index contributed by atoms with van der Waals surface area (Å²) >= 11 is 0. The van der Waals surface area contributed by atoms with Gasteiger partial charge in [-0.1, -0.05) is 0 Å². The van der Waals surface area contributed by atoms with Crippen LogP contribution in [0.2, 0.25) is 0 Å². The largest absolute Gasteiger partial charge is 0.459 e. The highest BCUT2D eigenvalue weighted by molar-refractivity contribution is 5.83. The third-order valence-corrected chi connectivity index (χ3v) is 3.79. The molecule has 1 aliphatic carbocycles. The molecule has 2 aliphatic rings. The zero-order valence-corrected chi connectivity index (χ0v) is 13.4. The maximum absolute atomic E-state index is 12.4. The Labute approximate surface area is 129 Å². The first-order valence-corrected chi connectivity index (χ1v) is 7.43. The lowest BCUT2D eigenvalue weighted by molar-refractivity contribution is -0.166. The maximum atomic E-state index is 12.4. The van der Waals surface area contributed by atoms with E-state index in [4.69, 9.17) is 9.47 Å². The van der Waals surface area contributed by atoms with Gasteiger partial charge in [0.25, 0.3) is 0 Å². The van der Waals surface area contributed by atoms with Gasteiger partial charge in [-0.15, -0.1) is 0 Å². The average Bonchev–Trinajstić information content (AvgIpc) is 3.11. The smallest absolute Gasteiger partial charge is 0.407 e. The van der Waals surface area contributed by atoms with Crippen molar-refractivity contribution in [3.63, 3.8) is 0 Å². The lowest BCUT2D eigenvalue weighted by atomic mass is 9.87. The zero-order valence-electron chi connectivity index (χ0n) is 13.4. The van der Waals surface area contributed by atoms with Gasteiger partial charge in [0.2, 0.25) is 0 Å². The van der Waals surface area contributed by atoms with Crippen LogP contribution in [0.15, 0.2) is 0 Å². The Bertz CT molecular complexity index is 477. The summed E-state index contributed by atoms with van der Waals surface area (Å²) in [5.74, 6) is -1.25. The molecule has 2 rings (SSSR count). The van der Waals surface area contributed by atoms with Gasteiger partial charge >= 0.3 is 18.0 Å². The number of hydrogen-bond acceptors (Lipinski definition) is 6. The Morgan fingerprint density at radius 1 is 1.36 bits per heavy atom. The van der Waals surface area contributed by atoms with E-state index < -0.39 is 29.3 Å². The number of methoxy groups -OCH3 is 1. The molecule has 1 aliphatic heterocycles. The second-order valence-electron chi connectivity index (χ2n) is 6.97. The van der Waals surface area contributed by atoms with Gasteiger partial charge in [0.15, 0.2) is 0 Å². The summed E-state index contributed by atoms with van der Waals surface area (Å²) in [6.07, 6.45) is 1.50. The highest BCUT2D eigenvalue weighted by atomic mass is 16.6. The Kier molecular flexibility index (Phi) is 4.35. The fourth-order valence-electron chi connectivity index (χ4n) is 2.69. The van der Waals surface area contributed by atoms with E-state index in [1.165, 1.54) is 7.11 Å². The van der Waals surface area contributed by atoms with Gasteiger partial charge in [0.05, 0.1) is 13.5 Å². The normalized spacial score (nSPS) is 24.2. The number of ether oxygens (including phenoxy) is 3. The minimum Gasteiger partial charge on any atom is -0.459 e. The number of carbonyl (C=O) groups is 3. The summed E-state index contributed by atoms with van der Waals surface area (Å²) in [5.41, 5.74) is -1.13. The van der Waals surface area contributed by atoms with Crippen molar-refractivity contribution in [2.75, 3.05) is 7.11 Å². The standard InChI is InChI=1S/C15H23NO6/c1-14(2,3)22-12(18)11(16-13(19)20-4)9-7-10(17)21-15(8-9)5-6-15/h9,11H,5-8H2,1-4H3,(H,16,19)/t9-,11-/m0/s1. The van der Waals surface area contributed by atoms with Crippen molar-refractivity contribution in [2.24, 2.45) is 5.92 Å². The molecular weight excluding hydrogens is 290 g/mol. The van der Waals surface area contributed by atoms with E-state index in [2.05, 4.69) is 10.1 Å². The van der Waals surface area contributed by atoms with E-state index in [0.717, 1.165) is 12.8 Å². The van der Waals surface area contributed by atoms with E-state index >= 15 is 0 Å². The van der Waals surface area contributed by atoms with Crippen molar-refractivity contribution in [1.82, 2.24) is 5.32 Å². The van der Waals surface area contributed by atoms with Crippen molar-refractivity contribution >= 4 is 18.0 Å². The number of alkyl carbamates (subject to hydrolysis) is 1. The molecule has 1 spiro atoms. The molecule has 0 aromatic carbocycles. The predicted octanol–water partition coefficient (Wildman–Crippen LogP) is 1.54. The van der Waals surface area contributed by atoms with Crippen molar-refractivity contribution in [2.45, 2.75) is 63.7 Å². The molecule has 0 aromatic heterocycles. The molecule has 1 amide bonds. The van der Waals surface area contributed by atoms with E-state index in [0.29, 0.717) is 6.42 Å². The SMILES string of the molecule is COC(=O)N[C@H](C(=O)OC(C)(C)C)[C@H]1CC(=O)OC2(CC2)C1. The van der Waals surface area contributed by atoms with Crippen LogP contribution in [0, 0.1) is 5.92 Å². The first-order valence-electron chi connectivity index (χ1n) is 7.43. The summed E-state index contributed by atoms with van der Waals surface area (Å²) in [6.45, 7) is 5.24. The second kappa shape index (κ2) is 5.78. The molecule has 2 fully saturated rings. The van der Waals surface area contributed by atoms with Crippen LogP contribution in [0.25, 0.3) is 0 Å². The average molecular weight is 313 g/mol. The number of amides is 1. The van der Waals surface area contributed by atoms with Crippen LogP contribution >= 0.6 is 0 Å². The first-order chi connectivity index (χ1) is 10.1. The molecule has 0 aromatic rings. The van der Waals surface area contributed by atoms with E-state index in [1.54, 1.807) is 20.8 Å². The Morgan fingerprint density at radius 2 is 2.00 bits per heavy atom. The molecule has 22 heavy (non-hydrogen) atoms. The van der Waals surface area contributed by atoms with Crippen molar-refractivity contribution in [1.29, 1.82) is 0 Å². The molecule has 1 heterocycles. The Hall–Kier alpha value is -1.79. The van der Waals surface area contributed by atoms with Crippen molar-refractivity contribution in [3.8, 4) is 0 Å². The van der Waals surface area contributed by atoms with Gasteiger partial charge in [-0.3, -0.25) is 4.79 Å². The van der Waals surface area contributed by atoms with Gasteiger partial charge in [-0.25, -0.2) is 9.59 Å². The maximum Gasteiger partial charge on any atom is 0.407 e. The second-order valence-corrected chi connectivity index (χ2v) is 6.97. The minimum absolute atomic E-state index is 0.0790. The summed E-state index contributed by atoms with van der Waals surface area (Å²) in [4.78, 5) is 35.7. The fourth-order valence-corrected chi connectivity index (χ4v) is 2.69. The zero-order chi connectivity index (χ0) is 16.5. The molecule has 0 radical (unpaired) electrons. The van der Waals surface area contributed by atoms with Crippen LogP contribution in [0.3, 0.4) is 0 Å². The highest BCUT2D eigenvalue weighted by Gasteiger charge is 2.54. The van der Waals surface area contributed by atoms with E-state index in [1.807, 2.05) is 0 Å². The van der Waals surface area contributed by atoms with Gasteiger partial charge in [0, 0.05) is 5.92 Å². The highest BCUT2D eigenvalue weighted by Crippen LogP contribution is 2.49. The molecular formula is C15H23NO6. The topological polar surface area (TPSA) is 90.9 Å². The van der Waals surface area contributed by atoms with Gasteiger partial charge < -0.3 is 19.5 Å². The van der Waals surface area contributed by atoms with E-state index in [9.17, 15) is 14.4 Å². The number of hydrogen-bond donors (Lipinski definition) is 1. The third-order valence-electron chi connectivity index (χ3n) is 3.79. The van der Waals surface area contributed by atoms with Crippen molar-refractivity contribution in [3.05, 3.63) is 0 Å². The molecule has 1 saturated heterocycles. The molecule has 0 bridgehead atoms. The number of esters is 2. The molecule has 7 nitrogen and oxygen atoms in total. The lowest BCUT2D eigenvalue weighted by Gasteiger charge is -2.34. The summed E-state index contributed by atoms with van der Waals surface area (Å²) in [7, 11) is 1.22. The monoisotopic (exact) mass is 313 g/mol. The lowest BCUT2D eigenvalue weighted by Crippen LogP contribution is -2.51. The molecule has 0 unspecified atom stereocenters. The quantitative estimate of drug-likeness (QED) is 0.628. The minimum atomic E-state index is -0.919. The van der Waals surface area contributed by atoms with Crippen LogP contribution in [-0.4, -0.2) is 42.4 Å². The summed E-state index contributed by atoms with van der Waals surface area (Å²) in [5, 5.41) is 2.50. The molecule has 7 heteroatoms. The summed E-state index contributed by atoms with van der Waals surface area (Å²) < 4.78 is 15.3. The van der Waals surface area contributed by atoms with Crippen LogP contribution in [0.5, 0.6) is 0 Å².